The minimum atomic E-state index is 0.0979. The Labute approximate surface area is 84.4 Å². The molecule has 0 aliphatic heterocycles. The van der Waals surface area contributed by atoms with Crippen LogP contribution in [0.1, 0.15) is 18.1 Å². The van der Waals surface area contributed by atoms with Crippen molar-refractivity contribution in [2.24, 2.45) is 0 Å². The molecule has 1 atom stereocenters. The molecule has 0 aliphatic rings. The highest BCUT2D eigenvalue weighted by atomic mass is 16.5. The Kier molecular flexibility index (Phi) is 3.90. The van der Waals surface area contributed by atoms with Crippen molar-refractivity contribution in [1.82, 2.24) is 0 Å². The van der Waals surface area contributed by atoms with Gasteiger partial charge in [-0.05, 0) is 24.6 Å². The number of rotatable bonds is 3. The second-order valence-electron chi connectivity index (χ2n) is 3.04. The van der Waals surface area contributed by atoms with Gasteiger partial charge in [-0.1, -0.05) is 24.3 Å². The van der Waals surface area contributed by atoms with Gasteiger partial charge in [-0.2, -0.15) is 5.26 Å². The van der Waals surface area contributed by atoms with E-state index in [1.807, 2.05) is 37.3 Å². The first kappa shape index (κ1) is 10.5. The van der Waals surface area contributed by atoms with Crippen LogP contribution in [0.3, 0.4) is 0 Å². The number of nitrogens with zero attached hydrogens (tertiary/aromatic N) is 1. The van der Waals surface area contributed by atoms with Gasteiger partial charge in [0.1, 0.15) is 0 Å². The zero-order valence-electron chi connectivity index (χ0n) is 8.40. The quantitative estimate of drug-likeness (QED) is 0.728. The third kappa shape index (κ3) is 3.04. The molecular formula is C12H13NO. The summed E-state index contributed by atoms with van der Waals surface area (Å²) < 4.78 is 5.08. The molecule has 1 aromatic carbocycles. The number of benzene rings is 1. The number of ether oxygens (including phenoxy) is 1. The molecule has 1 aromatic rings. The van der Waals surface area contributed by atoms with Crippen LogP contribution in [0.2, 0.25) is 0 Å². The van der Waals surface area contributed by atoms with Gasteiger partial charge in [0.2, 0.25) is 0 Å². The highest BCUT2D eigenvalue weighted by Gasteiger charge is 1.93. The van der Waals surface area contributed by atoms with E-state index in [2.05, 4.69) is 6.07 Å². The summed E-state index contributed by atoms with van der Waals surface area (Å²) >= 11 is 0. The van der Waals surface area contributed by atoms with Gasteiger partial charge in [0, 0.05) is 7.11 Å². The van der Waals surface area contributed by atoms with Crippen LogP contribution >= 0.6 is 0 Å². The van der Waals surface area contributed by atoms with E-state index >= 15 is 0 Å². The van der Waals surface area contributed by atoms with E-state index in [0.29, 0.717) is 5.56 Å². The molecule has 0 N–H and O–H groups in total. The van der Waals surface area contributed by atoms with E-state index in [1.165, 1.54) is 0 Å². The Hall–Kier alpha value is -1.59. The molecule has 0 saturated carbocycles. The van der Waals surface area contributed by atoms with Crippen molar-refractivity contribution in [2.75, 3.05) is 7.11 Å². The number of hydrogen-bond acceptors (Lipinski definition) is 2. The van der Waals surface area contributed by atoms with Crippen molar-refractivity contribution in [1.29, 1.82) is 5.26 Å². The summed E-state index contributed by atoms with van der Waals surface area (Å²) in [4.78, 5) is 0. The average Bonchev–Trinajstić information content (AvgIpc) is 2.26. The SMILES string of the molecule is COC(C)/C=C/c1cccc(C#N)c1. The van der Waals surface area contributed by atoms with Gasteiger partial charge < -0.3 is 4.74 Å². The van der Waals surface area contributed by atoms with Crippen molar-refractivity contribution < 1.29 is 4.74 Å². The first-order chi connectivity index (χ1) is 6.76. The predicted octanol–water partition coefficient (Wildman–Crippen LogP) is 2.61. The predicted molar refractivity (Wildman–Crippen MR) is 56.7 cm³/mol. The Morgan fingerprint density at radius 3 is 2.93 bits per heavy atom. The lowest BCUT2D eigenvalue weighted by Gasteiger charge is -2.01. The zero-order valence-corrected chi connectivity index (χ0v) is 8.40. The Bertz CT molecular complexity index is 363. The van der Waals surface area contributed by atoms with Crippen LogP contribution in [-0.4, -0.2) is 13.2 Å². The number of methoxy groups -OCH3 is 1. The summed E-state index contributed by atoms with van der Waals surface area (Å²) in [6.45, 7) is 1.96. The molecule has 2 heteroatoms. The topological polar surface area (TPSA) is 33.0 Å². The van der Waals surface area contributed by atoms with Crippen LogP contribution in [0.15, 0.2) is 30.3 Å². The molecule has 1 unspecified atom stereocenters. The lowest BCUT2D eigenvalue weighted by molar-refractivity contribution is 0.157. The van der Waals surface area contributed by atoms with Crippen LogP contribution in [0.4, 0.5) is 0 Å². The molecule has 0 saturated heterocycles. The number of nitriles is 1. The fraction of sp³-hybridized carbons (Fsp3) is 0.250. The van der Waals surface area contributed by atoms with Crippen molar-refractivity contribution in [3.63, 3.8) is 0 Å². The van der Waals surface area contributed by atoms with Crippen LogP contribution in [0, 0.1) is 11.3 Å². The molecule has 0 amide bonds. The summed E-state index contributed by atoms with van der Waals surface area (Å²) in [5.41, 5.74) is 1.70. The fourth-order valence-electron chi connectivity index (χ4n) is 1.04. The maximum absolute atomic E-state index is 8.69. The van der Waals surface area contributed by atoms with Gasteiger partial charge in [0.15, 0.2) is 0 Å². The monoisotopic (exact) mass is 187 g/mol. The molecule has 0 heterocycles. The van der Waals surface area contributed by atoms with E-state index in [-0.39, 0.29) is 6.10 Å². The van der Waals surface area contributed by atoms with Crippen LogP contribution in [-0.2, 0) is 4.74 Å². The molecule has 1 rings (SSSR count). The van der Waals surface area contributed by atoms with Crippen molar-refractivity contribution >= 4 is 6.08 Å². The van der Waals surface area contributed by atoms with Gasteiger partial charge in [0.25, 0.3) is 0 Å². The average molecular weight is 187 g/mol. The molecule has 0 aromatic heterocycles. The molecule has 72 valence electrons. The van der Waals surface area contributed by atoms with E-state index in [9.17, 15) is 0 Å². The van der Waals surface area contributed by atoms with Crippen LogP contribution < -0.4 is 0 Å². The third-order valence-corrected chi connectivity index (χ3v) is 1.95. The Morgan fingerprint density at radius 2 is 2.29 bits per heavy atom. The largest absolute Gasteiger partial charge is 0.378 e. The van der Waals surface area contributed by atoms with Crippen LogP contribution in [0.5, 0.6) is 0 Å². The highest BCUT2D eigenvalue weighted by Crippen LogP contribution is 2.07. The van der Waals surface area contributed by atoms with E-state index in [0.717, 1.165) is 5.56 Å². The van der Waals surface area contributed by atoms with Gasteiger partial charge in [-0.3, -0.25) is 0 Å². The first-order valence-electron chi connectivity index (χ1n) is 4.47. The molecule has 0 bridgehead atoms. The van der Waals surface area contributed by atoms with Crippen molar-refractivity contribution in [3.8, 4) is 6.07 Å². The van der Waals surface area contributed by atoms with Crippen LogP contribution in [0.25, 0.3) is 6.08 Å². The summed E-state index contributed by atoms with van der Waals surface area (Å²) in [7, 11) is 1.67. The summed E-state index contributed by atoms with van der Waals surface area (Å²) in [5, 5.41) is 8.69. The molecule has 0 radical (unpaired) electrons. The molecule has 0 aliphatic carbocycles. The summed E-state index contributed by atoms with van der Waals surface area (Å²) in [5.74, 6) is 0. The minimum absolute atomic E-state index is 0.0979. The lowest BCUT2D eigenvalue weighted by atomic mass is 10.1. The summed E-state index contributed by atoms with van der Waals surface area (Å²) in [6, 6.07) is 9.57. The molecule has 2 nitrogen and oxygen atoms in total. The second-order valence-corrected chi connectivity index (χ2v) is 3.04. The molecule has 0 spiro atoms. The molecular weight excluding hydrogens is 174 g/mol. The normalized spacial score (nSPS) is 12.6. The maximum Gasteiger partial charge on any atom is 0.0991 e. The van der Waals surface area contributed by atoms with E-state index < -0.39 is 0 Å². The lowest BCUT2D eigenvalue weighted by Crippen LogP contribution is -1.98. The Balaban J connectivity index is 2.77. The third-order valence-electron chi connectivity index (χ3n) is 1.95. The van der Waals surface area contributed by atoms with E-state index in [1.54, 1.807) is 13.2 Å². The summed E-state index contributed by atoms with van der Waals surface area (Å²) in [6.07, 6.45) is 4.01. The zero-order chi connectivity index (χ0) is 10.4. The number of hydrogen-bond donors (Lipinski definition) is 0. The van der Waals surface area contributed by atoms with Crippen molar-refractivity contribution in [3.05, 3.63) is 41.5 Å². The fourth-order valence-corrected chi connectivity index (χ4v) is 1.04. The van der Waals surface area contributed by atoms with Crippen molar-refractivity contribution in [2.45, 2.75) is 13.0 Å². The molecule has 0 fully saturated rings. The highest BCUT2D eigenvalue weighted by molar-refractivity contribution is 5.52. The van der Waals surface area contributed by atoms with E-state index in [4.69, 9.17) is 10.00 Å². The Morgan fingerprint density at radius 1 is 1.50 bits per heavy atom. The van der Waals surface area contributed by atoms with Gasteiger partial charge >= 0.3 is 0 Å². The second kappa shape index (κ2) is 5.21. The smallest absolute Gasteiger partial charge is 0.0991 e. The standard InChI is InChI=1S/C12H13NO/c1-10(14-2)6-7-11-4-3-5-12(8-11)9-13/h3-8,10H,1-2H3/b7-6+. The molecule has 14 heavy (non-hydrogen) atoms. The minimum Gasteiger partial charge on any atom is -0.378 e. The van der Waals surface area contributed by atoms with Gasteiger partial charge in [0.05, 0.1) is 17.7 Å². The van der Waals surface area contributed by atoms with Gasteiger partial charge in [-0.15, -0.1) is 0 Å². The maximum atomic E-state index is 8.69. The van der Waals surface area contributed by atoms with Gasteiger partial charge in [-0.25, -0.2) is 0 Å². The first-order valence-corrected chi connectivity index (χ1v) is 4.47.